The number of ether oxygens (including phenoxy) is 1. The Kier molecular flexibility index (Phi) is 4.77. The van der Waals surface area contributed by atoms with E-state index in [1.165, 1.54) is 0 Å². The average Bonchev–Trinajstić information content (AvgIpc) is 3.29. The third kappa shape index (κ3) is 3.50. The smallest absolute Gasteiger partial charge is 0.362 e. The maximum absolute atomic E-state index is 12.5. The van der Waals surface area contributed by atoms with Crippen LogP contribution in [-0.2, 0) is 4.79 Å². The highest BCUT2D eigenvalue weighted by Gasteiger charge is 2.22. The van der Waals surface area contributed by atoms with Crippen molar-refractivity contribution < 1.29 is 14.3 Å². The van der Waals surface area contributed by atoms with Crippen molar-refractivity contribution in [2.45, 2.75) is 12.8 Å². The number of halogens is 1. The molecule has 136 valence electrons. The Hall–Kier alpha value is -2.93. The van der Waals surface area contributed by atoms with Crippen LogP contribution in [0.2, 0.25) is 0 Å². The predicted octanol–water partition coefficient (Wildman–Crippen LogP) is 4.19. The highest BCUT2D eigenvalue weighted by atomic mass is 79.9. The van der Waals surface area contributed by atoms with E-state index in [0.29, 0.717) is 22.3 Å². The molecular weight excluding hydrogens is 410 g/mol. The highest BCUT2D eigenvalue weighted by molar-refractivity contribution is 9.10. The second-order valence-corrected chi connectivity index (χ2v) is 6.95. The molecule has 1 N–H and O–H groups in total. The lowest BCUT2D eigenvalue weighted by molar-refractivity contribution is -0.117. The Bertz CT molecular complexity index is 983. The van der Waals surface area contributed by atoms with Crippen molar-refractivity contribution in [3.63, 3.8) is 0 Å². The van der Waals surface area contributed by atoms with Crippen molar-refractivity contribution in [3.8, 4) is 17.0 Å². The second-order valence-electron chi connectivity index (χ2n) is 6.16. The summed E-state index contributed by atoms with van der Waals surface area (Å²) >= 11 is 3.43. The fraction of sp³-hybridized carbons (Fsp3) is 0.150. The fourth-order valence-corrected chi connectivity index (χ4v) is 3.59. The zero-order chi connectivity index (χ0) is 18.8. The van der Waals surface area contributed by atoms with Crippen LogP contribution in [0.25, 0.3) is 11.3 Å². The van der Waals surface area contributed by atoms with E-state index in [0.717, 1.165) is 24.2 Å². The summed E-state index contributed by atoms with van der Waals surface area (Å²) in [6.07, 6.45) is 1.45. The van der Waals surface area contributed by atoms with E-state index in [4.69, 9.17) is 4.74 Å². The van der Waals surface area contributed by atoms with Gasteiger partial charge >= 0.3 is 5.97 Å². The first kappa shape index (κ1) is 17.5. The zero-order valence-electron chi connectivity index (χ0n) is 14.3. The summed E-state index contributed by atoms with van der Waals surface area (Å²) in [5, 5.41) is 6.94. The van der Waals surface area contributed by atoms with Gasteiger partial charge in [-0.2, -0.15) is 5.10 Å². The van der Waals surface area contributed by atoms with Gasteiger partial charge in [-0.05, 0) is 46.6 Å². The number of anilines is 1. The quantitative estimate of drug-likeness (QED) is 0.502. The minimum Gasteiger partial charge on any atom is -0.422 e. The van der Waals surface area contributed by atoms with Crippen molar-refractivity contribution in [1.29, 1.82) is 0 Å². The molecular formula is C20H16BrN3O3. The predicted molar refractivity (Wildman–Crippen MR) is 105 cm³/mol. The molecule has 3 aromatic rings. The molecule has 0 spiro atoms. The van der Waals surface area contributed by atoms with Crippen LogP contribution in [0.4, 0.5) is 5.69 Å². The van der Waals surface area contributed by atoms with Gasteiger partial charge in [-0.1, -0.05) is 30.3 Å². The molecule has 0 aliphatic carbocycles. The van der Waals surface area contributed by atoms with Crippen molar-refractivity contribution in [2.24, 2.45) is 0 Å². The maximum Gasteiger partial charge on any atom is 0.362 e. The molecule has 1 aliphatic heterocycles. The fourth-order valence-electron chi connectivity index (χ4n) is 3.02. The number of rotatable bonds is 4. The molecule has 0 radical (unpaired) electrons. The Labute approximate surface area is 164 Å². The number of hydrogen-bond donors (Lipinski definition) is 1. The molecule has 0 saturated carbocycles. The number of aromatic nitrogens is 2. The number of nitrogens with one attached hydrogen (secondary N) is 1. The molecule has 27 heavy (non-hydrogen) atoms. The van der Waals surface area contributed by atoms with Gasteiger partial charge in [-0.3, -0.25) is 9.89 Å². The lowest BCUT2D eigenvalue weighted by Crippen LogP contribution is -2.23. The van der Waals surface area contributed by atoms with Crippen LogP contribution in [-0.4, -0.2) is 28.6 Å². The Morgan fingerprint density at radius 3 is 2.52 bits per heavy atom. The van der Waals surface area contributed by atoms with Crippen molar-refractivity contribution in [2.75, 3.05) is 11.4 Å². The third-order valence-corrected chi connectivity index (χ3v) is 5.16. The largest absolute Gasteiger partial charge is 0.422 e. The maximum atomic E-state index is 12.5. The lowest BCUT2D eigenvalue weighted by atomic mass is 10.1. The first-order chi connectivity index (χ1) is 13.1. The van der Waals surface area contributed by atoms with Gasteiger partial charge < -0.3 is 9.64 Å². The molecule has 2 heterocycles. The average molecular weight is 426 g/mol. The topological polar surface area (TPSA) is 75.3 Å². The molecule has 1 saturated heterocycles. The number of benzene rings is 2. The number of esters is 1. The number of amides is 1. The number of aromatic amines is 1. The Morgan fingerprint density at radius 2 is 1.85 bits per heavy atom. The molecule has 7 heteroatoms. The van der Waals surface area contributed by atoms with Gasteiger partial charge in [0.25, 0.3) is 0 Å². The summed E-state index contributed by atoms with van der Waals surface area (Å²) in [4.78, 5) is 26.0. The molecule has 0 bridgehead atoms. The standard InChI is InChI=1S/C20H16BrN3O3/c21-17-18(13-5-2-1-3-6-13)22-23-19(17)20(26)27-15-10-8-14(9-11-15)24-12-4-7-16(24)25/h1-3,5-6,8-11H,4,7,12H2,(H,22,23). The van der Waals surface area contributed by atoms with Crippen molar-refractivity contribution in [3.05, 3.63) is 64.8 Å². The van der Waals surface area contributed by atoms with E-state index in [1.807, 2.05) is 30.3 Å². The number of hydrogen-bond acceptors (Lipinski definition) is 4. The van der Waals surface area contributed by atoms with Gasteiger partial charge in [0.1, 0.15) is 11.4 Å². The highest BCUT2D eigenvalue weighted by Crippen LogP contribution is 2.30. The van der Waals surface area contributed by atoms with Crippen LogP contribution < -0.4 is 9.64 Å². The van der Waals surface area contributed by atoms with Gasteiger partial charge in [-0.25, -0.2) is 4.79 Å². The normalized spacial score (nSPS) is 13.8. The Balaban J connectivity index is 1.50. The van der Waals surface area contributed by atoms with Gasteiger partial charge in [0.05, 0.1) is 4.47 Å². The van der Waals surface area contributed by atoms with Gasteiger partial charge in [0.15, 0.2) is 5.69 Å². The van der Waals surface area contributed by atoms with Crippen LogP contribution in [0.1, 0.15) is 23.3 Å². The summed E-state index contributed by atoms with van der Waals surface area (Å²) in [5.74, 6) is -0.0192. The van der Waals surface area contributed by atoms with Crippen LogP contribution in [0, 0.1) is 0 Å². The van der Waals surface area contributed by atoms with E-state index in [9.17, 15) is 9.59 Å². The van der Waals surface area contributed by atoms with Crippen LogP contribution in [0.15, 0.2) is 59.1 Å². The molecule has 0 atom stereocenters. The SMILES string of the molecule is O=C(Oc1ccc(N2CCCC2=O)cc1)c1[nH]nc(-c2ccccc2)c1Br. The number of carbonyl (C=O) groups excluding carboxylic acids is 2. The van der Waals surface area contributed by atoms with E-state index >= 15 is 0 Å². The van der Waals surface area contributed by atoms with Crippen molar-refractivity contribution >= 4 is 33.5 Å². The molecule has 1 fully saturated rings. The van der Waals surface area contributed by atoms with Gasteiger partial charge in [-0.15, -0.1) is 0 Å². The molecule has 2 aromatic carbocycles. The molecule has 6 nitrogen and oxygen atoms in total. The zero-order valence-corrected chi connectivity index (χ0v) is 15.9. The van der Waals surface area contributed by atoms with E-state index in [2.05, 4.69) is 26.1 Å². The van der Waals surface area contributed by atoms with E-state index in [-0.39, 0.29) is 11.6 Å². The van der Waals surface area contributed by atoms with Crippen molar-refractivity contribution in [1.82, 2.24) is 10.2 Å². The first-order valence-electron chi connectivity index (χ1n) is 8.55. The molecule has 0 unspecified atom stereocenters. The van der Waals surface area contributed by atoms with Crippen LogP contribution in [0.5, 0.6) is 5.75 Å². The van der Waals surface area contributed by atoms with Gasteiger partial charge in [0.2, 0.25) is 5.91 Å². The monoisotopic (exact) mass is 425 g/mol. The number of H-pyrrole nitrogens is 1. The minimum atomic E-state index is -0.540. The molecule has 1 amide bonds. The summed E-state index contributed by atoms with van der Waals surface area (Å²) < 4.78 is 5.99. The molecule has 1 aromatic heterocycles. The third-order valence-electron chi connectivity index (χ3n) is 4.39. The van der Waals surface area contributed by atoms with E-state index < -0.39 is 5.97 Å². The first-order valence-corrected chi connectivity index (χ1v) is 9.34. The molecule has 4 rings (SSSR count). The molecule has 1 aliphatic rings. The number of nitrogens with zero attached hydrogens (tertiary/aromatic N) is 2. The van der Waals surface area contributed by atoms with Gasteiger partial charge in [0, 0.05) is 24.2 Å². The minimum absolute atomic E-state index is 0.120. The van der Waals surface area contributed by atoms with Crippen LogP contribution in [0.3, 0.4) is 0 Å². The number of carbonyl (C=O) groups is 2. The summed E-state index contributed by atoms with van der Waals surface area (Å²) in [6, 6.07) is 16.5. The lowest BCUT2D eigenvalue weighted by Gasteiger charge is -2.15. The Morgan fingerprint density at radius 1 is 1.11 bits per heavy atom. The second kappa shape index (κ2) is 7.36. The summed E-state index contributed by atoms with van der Waals surface area (Å²) in [6.45, 7) is 0.724. The summed E-state index contributed by atoms with van der Waals surface area (Å²) in [5.41, 5.74) is 2.59. The summed E-state index contributed by atoms with van der Waals surface area (Å²) in [7, 11) is 0. The van der Waals surface area contributed by atoms with E-state index in [1.54, 1.807) is 29.2 Å². The van der Waals surface area contributed by atoms with Crippen LogP contribution >= 0.6 is 15.9 Å².